The summed E-state index contributed by atoms with van der Waals surface area (Å²) >= 11 is 0. The minimum Gasteiger partial charge on any atom is -0.267 e. The Balaban J connectivity index is 2.65. The van der Waals surface area contributed by atoms with Gasteiger partial charge in [0.1, 0.15) is 0 Å². The van der Waals surface area contributed by atoms with Gasteiger partial charge in [0.25, 0.3) is 5.91 Å². The normalized spacial score (nSPS) is 14.2. The zero-order chi connectivity index (χ0) is 10.3. The first-order valence-corrected chi connectivity index (χ1v) is 4.24. The molecule has 1 aliphatic heterocycles. The molecule has 1 aliphatic rings. The number of halogens is 2. The highest BCUT2D eigenvalue weighted by Crippen LogP contribution is 2.23. The molecule has 0 atom stereocenters. The van der Waals surface area contributed by atoms with Gasteiger partial charge in [-0.2, -0.15) is 0 Å². The molecule has 0 bridgehead atoms. The summed E-state index contributed by atoms with van der Waals surface area (Å²) in [7, 11) is 0. The standard InChI is InChI=1S/C10H7F2NO/c1-2-9-5-3-7(11)8(12)4-6(5)10(14)13-9/h3-4H,2H2,1H3. The number of aliphatic imine (C=N–C) groups is 1. The number of benzene rings is 1. The van der Waals surface area contributed by atoms with Gasteiger partial charge in [-0.3, -0.25) is 4.79 Å². The van der Waals surface area contributed by atoms with Crippen LogP contribution in [-0.2, 0) is 0 Å². The maximum atomic E-state index is 12.9. The molecule has 0 saturated carbocycles. The van der Waals surface area contributed by atoms with E-state index in [2.05, 4.69) is 4.99 Å². The van der Waals surface area contributed by atoms with Crippen LogP contribution >= 0.6 is 0 Å². The van der Waals surface area contributed by atoms with Crippen molar-refractivity contribution in [1.29, 1.82) is 0 Å². The van der Waals surface area contributed by atoms with Gasteiger partial charge in [-0.15, -0.1) is 0 Å². The van der Waals surface area contributed by atoms with E-state index in [1.807, 2.05) is 6.92 Å². The number of nitrogens with zero attached hydrogens (tertiary/aromatic N) is 1. The van der Waals surface area contributed by atoms with Gasteiger partial charge in [-0.1, -0.05) is 6.92 Å². The molecule has 2 nitrogen and oxygen atoms in total. The van der Waals surface area contributed by atoms with Crippen molar-refractivity contribution < 1.29 is 13.6 Å². The molecule has 1 aromatic rings. The minimum atomic E-state index is -1.01. The lowest BCUT2D eigenvalue weighted by molar-refractivity contribution is 0.101. The lowest BCUT2D eigenvalue weighted by Crippen LogP contribution is -1.99. The summed E-state index contributed by atoms with van der Waals surface area (Å²) in [6.45, 7) is 1.81. The smallest absolute Gasteiger partial charge is 0.267 e. The fourth-order valence-electron chi connectivity index (χ4n) is 1.48. The highest BCUT2D eigenvalue weighted by atomic mass is 19.2. The van der Waals surface area contributed by atoms with E-state index in [1.54, 1.807) is 0 Å². The van der Waals surface area contributed by atoms with Crippen LogP contribution in [0.1, 0.15) is 29.3 Å². The average molecular weight is 195 g/mol. The third kappa shape index (κ3) is 1.14. The molecule has 2 rings (SSSR count). The van der Waals surface area contributed by atoms with E-state index >= 15 is 0 Å². The third-order valence-electron chi connectivity index (χ3n) is 2.17. The molecule has 0 fully saturated rings. The summed E-state index contributed by atoms with van der Waals surface area (Å²) in [4.78, 5) is 14.9. The molecule has 0 saturated heterocycles. The average Bonchev–Trinajstić information content (AvgIpc) is 2.45. The Morgan fingerprint density at radius 1 is 1.21 bits per heavy atom. The van der Waals surface area contributed by atoms with E-state index in [9.17, 15) is 13.6 Å². The first-order chi connectivity index (χ1) is 6.63. The van der Waals surface area contributed by atoms with Crippen molar-refractivity contribution in [2.24, 2.45) is 4.99 Å². The SMILES string of the molecule is CCC1=NC(=O)c2cc(F)c(F)cc21. The summed E-state index contributed by atoms with van der Waals surface area (Å²) in [6.07, 6.45) is 0.532. The fourth-order valence-corrected chi connectivity index (χ4v) is 1.48. The van der Waals surface area contributed by atoms with E-state index in [0.717, 1.165) is 12.1 Å². The van der Waals surface area contributed by atoms with Gasteiger partial charge in [-0.25, -0.2) is 13.8 Å². The zero-order valence-electron chi connectivity index (χ0n) is 7.47. The molecular formula is C10H7F2NO. The Morgan fingerprint density at radius 2 is 1.79 bits per heavy atom. The first kappa shape index (κ1) is 8.99. The number of carbonyl (C=O) groups excluding carboxylic acids is 1. The maximum Gasteiger partial charge on any atom is 0.278 e. The number of fused-ring (bicyclic) bond motifs is 1. The summed E-state index contributed by atoms with van der Waals surface area (Å²) in [6, 6.07) is 1.93. The van der Waals surface area contributed by atoms with Crippen LogP contribution in [0.15, 0.2) is 17.1 Å². The number of hydrogen-bond donors (Lipinski definition) is 0. The Bertz CT molecular complexity index is 452. The number of amides is 1. The Hall–Kier alpha value is -1.58. The molecular weight excluding hydrogens is 188 g/mol. The van der Waals surface area contributed by atoms with E-state index in [4.69, 9.17) is 0 Å². The van der Waals surface area contributed by atoms with Gasteiger partial charge in [0, 0.05) is 5.56 Å². The summed E-state index contributed by atoms with van der Waals surface area (Å²) in [5, 5.41) is 0. The van der Waals surface area contributed by atoms with E-state index in [1.165, 1.54) is 0 Å². The van der Waals surface area contributed by atoms with Gasteiger partial charge in [0.05, 0.1) is 11.3 Å². The molecule has 4 heteroatoms. The van der Waals surface area contributed by atoms with Crippen molar-refractivity contribution in [3.63, 3.8) is 0 Å². The van der Waals surface area contributed by atoms with Crippen molar-refractivity contribution in [3.8, 4) is 0 Å². The lowest BCUT2D eigenvalue weighted by Gasteiger charge is -2.00. The summed E-state index contributed by atoms with van der Waals surface area (Å²) < 4.78 is 25.7. The highest BCUT2D eigenvalue weighted by molar-refractivity contribution is 6.21. The predicted octanol–water partition coefficient (Wildman–Crippen LogP) is 2.32. The van der Waals surface area contributed by atoms with E-state index in [-0.39, 0.29) is 5.56 Å². The van der Waals surface area contributed by atoms with Crippen LogP contribution in [0, 0.1) is 11.6 Å². The second kappa shape index (κ2) is 2.97. The third-order valence-corrected chi connectivity index (χ3v) is 2.17. The molecule has 0 N–H and O–H groups in total. The van der Waals surface area contributed by atoms with E-state index < -0.39 is 17.5 Å². The monoisotopic (exact) mass is 195 g/mol. The molecule has 0 radical (unpaired) electrons. The predicted molar refractivity (Wildman–Crippen MR) is 47.5 cm³/mol. The number of rotatable bonds is 1. The lowest BCUT2D eigenvalue weighted by atomic mass is 10.0. The summed E-state index contributed by atoms with van der Waals surface area (Å²) in [5.74, 6) is -2.44. The summed E-state index contributed by atoms with van der Waals surface area (Å²) in [5.41, 5.74) is 1.08. The van der Waals surface area contributed by atoms with Crippen LogP contribution in [0.4, 0.5) is 8.78 Å². The molecule has 0 aliphatic carbocycles. The Morgan fingerprint density at radius 3 is 2.36 bits per heavy atom. The highest BCUT2D eigenvalue weighted by Gasteiger charge is 2.24. The zero-order valence-corrected chi connectivity index (χ0v) is 7.47. The first-order valence-electron chi connectivity index (χ1n) is 4.24. The number of hydrogen-bond acceptors (Lipinski definition) is 1. The van der Waals surface area contributed by atoms with Crippen LogP contribution in [-0.4, -0.2) is 11.6 Å². The molecule has 1 amide bonds. The number of carbonyl (C=O) groups is 1. The van der Waals surface area contributed by atoms with Gasteiger partial charge >= 0.3 is 0 Å². The van der Waals surface area contributed by atoms with Gasteiger partial charge in [0.2, 0.25) is 0 Å². The Labute approximate surface area is 79.3 Å². The van der Waals surface area contributed by atoms with Crippen LogP contribution in [0.25, 0.3) is 0 Å². The minimum absolute atomic E-state index is 0.153. The molecule has 0 unspecified atom stereocenters. The van der Waals surface area contributed by atoms with Crippen molar-refractivity contribution in [2.75, 3.05) is 0 Å². The van der Waals surface area contributed by atoms with Crippen molar-refractivity contribution >= 4 is 11.6 Å². The second-order valence-corrected chi connectivity index (χ2v) is 3.03. The largest absolute Gasteiger partial charge is 0.278 e. The van der Waals surface area contributed by atoms with Gasteiger partial charge in [0.15, 0.2) is 11.6 Å². The van der Waals surface area contributed by atoms with E-state index in [0.29, 0.717) is 17.7 Å². The Kier molecular flexibility index (Phi) is 1.91. The van der Waals surface area contributed by atoms with Gasteiger partial charge < -0.3 is 0 Å². The molecule has 14 heavy (non-hydrogen) atoms. The second-order valence-electron chi connectivity index (χ2n) is 3.03. The topological polar surface area (TPSA) is 29.4 Å². The van der Waals surface area contributed by atoms with Crippen molar-refractivity contribution in [3.05, 3.63) is 34.9 Å². The maximum absolute atomic E-state index is 12.9. The van der Waals surface area contributed by atoms with Crippen LogP contribution < -0.4 is 0 Å². The van der Waals surface area contributed by atoms with Crippen molar-refractivity contribution in [2.45, 2.75) is 13.3 Å². The van der Waals surface area contributed by atoms with Crippen LogP contribution in [0.3, 0.4) is 0 Å². The molecule has 1 aromatic carbocycles. The molecule has 0 spiro atoms. The quantitative estimate of drug-likeness (QED) is 0.676. The van der Waals surface area contributed by atoms with Crippen LogP contribution in [0.2, 0.25) is 0 Å². The molecule has 1 heterocycles. The van der Waals surface area contributed by atoms with Crippen LogP contribution in [0.5, 0.6) is 0 Å². The molecule has 0 aromatic heterocycles. The van der Waals surface area contributed by atoms with Gasteiger partial charge in [-0.05, 0) is 18.6 Å². The van der Waals surface area contributed by atoms with Crippen molar-refractivity contribution in [1.82, 2.24) is 0 Å². The fraction of sp³-hybridized carbons (Fsp3) is 0.200. The molecule has 72 valence electrons.